The Bertz CT molecular complexity index is 1160. The third-order valence-electron chi connectivity index (χ3n) is 5.84. The van der Waals surface area contributed by atoms with Crippen molar-refractivity contribution in [2.45, 2.75) is 30.2 Å². The lowest BCUT2D eigenvalue weighted by Gasteiger charge is -2.25. The minimum atomic E-state index is -3.64. The van der Waals surface area contributed by atoms with Crippen LogP contribution in [0.15, 0.2) is 53.4 Å². The molecule has 4 rings (SSSR count). The van der Waals surface area contributed by atoms with Gasteiger partial charge in [-0.3, -0.25) is 19.3 Å². The fourth-order valence-electron chi connectivity index (χ4n) is 4.14. The molecule has 0 spiro atoms. The zero-order chi connectivity index (χ0) is 23.6. The summed E-state index contributed by atoms with van der Waals surface area (Å²) in [7, 11) is -3.64. The van der Waals surface area contributed by atoms with Crippen molar-refractivity contribution in [3.63, 3.8) is 0 Å². The van der Waals surface area contributed by atoms with Gasteiger partial charge in [0, 0.05) is 18.8 Å². The summed E-state index contributed by atoms with van der Waals surface area (Å²) in [5.74, 6) is -0.965. The lowest BCUT2D eigenvalue weighted by atomic mass is 10.1. The predicted octanol–water partition coefficient (Wildman–Crippen LogP) is 2.83. The zero-order valence-electron chi connectivity index (χ0n) is 18.2. The van der Waals surface area contributed by atoms with E-state index < -0.39 is 33.8 Å². The molecule has 3 amide bonds. The second-order valence-electron chi connectivity index (χ2n) is 7.95. The molecule has 2 heterocycles. The maximum absolute atomic E-state index is 13.2. The fourth-order valence-corrected chi connectivity index (χ4v) is 6.16. The fraction of sp³-hybridized carbons (Fsp3) is 0.348. The third-order valence-corrected chi connectivity index (χ3v) is 8.38. The number of hydrogen-bond acceptors (Lipinski definition) is 6. The number of carbonyl (C=O) groups is 3. The maximum Gasteiger partial charge on any atom is 0.262 e. The van der Waals surface area contributed by atoms with E-state index in [0.29, 0.717) is 24.5 Å². The van der Waals surface area contributed by atoms with E-state index in [4.69, 9.17) is 0 Å². The largest absolute Gasteiger partial charge is 0.324 e. The van der Waals surface area contributed by atoms with Gasteiger partial charge in [0.2, 0.25) is 15.9 Å². The van der Waals surface area contributed by atoms with Crippen molar-refractivity contribution in [1.29, 1.82) is 0 Å². The molecule has 0 aliphatic carbocycles. The molecule has 2 aromatic carbocycles. The first-order valence-corrected chi connectivity index (χ1v) is 13.5. The van der Waals surface area contributed by atoms with Crippen LogP contribution in [0.25, 0.3) is 0 Å². The van der Waals surface area contributed by atoms with Gasteiger partial charge in [0.1, 0.15) is 6.04 Å². The minimum absolute atomic E-state index is 0.101. The number of imide groups is 1. The number of sulfonamides is 1. The van der Waals surface area contributed by atoms with Gasteiger partial charge in [-0.2, -0.15) is 16.1 Å². The number of amides is 3. The number of benzene rings is 2. The molecule has 2 aliphatic heterocycles. The summed E-state index contributed by atoms with van der Waals surface area (Å²) >= 11 is 1.50. The van der Waals surface area contributed by atoms with Crippen LogP contribution in [0, 0.1) is 0 Å². The van der Waals surface area contributed by atoms with Gasteiger partial charge >= 0.3 is 0 Å². The Kier molecular flexibility index (Phi) is 6.87. The molecule has 2 aromatic rings. The van der Waals surface area contributed by atoms with E-state index >= 15 is 0 Å². The molecule has 1 saturated heterocycles. The predicted molar refractivity (Wildman–Crippen MR) is 127 cm³/mol. The molecule has 174 valence electrons. The molecule has 8 nitrogen and oxygen atoms in total. The van der Waals surface area contributed by atoms with Crippen molar-refractivity contribution in [2.75, 3.05) is 30.4 Å². The molecule has 10 heteroatoms. The van der Waals surface area contributed by atoms with Crippen molar-refractivity contribution in [3.8, 4) is 0 Å². The van der Waals surface area contributed by atoms with E-state index in [2.05, 4.69) is 5.32 Å². The Balaban J connectivity index is 1.58. The summed E-state index contributed by atoms with van der Waals surface area (Å²) in [6, 6.07) is 11.6. The van der Waals surface area contributed by atoms with Gasteiger partial charge in [0.15, 0.2) is 0 Å². The van der Waals surface area contributed by atoms with Gasteiger partial charge in [-0.05, 0) is 61.6 Å². The molecule has 1 N–H and O–H groups in total. The number of carbonyl (C=O) groups excluding carboxylic acids is 3. The first kappa shape index (κ1) is 23.5. The van der Waals surface area contributed by atoms with Crippen LogP contribution >= 0.6 is 11.8 Å². The summed E-state index contributed by atoms with van der Waals surface area (Å²) < 4.78 is 27.2. The molecular weight excluding hydrogens is 462 g/mol. The molecule has 1 unspecified atom stereocenters. The third kappa shape index (κ3) is 4.55. The number of fused-ring (bicyclic) bond motifs is 1. The Morgan fingerprint density at radius 3 is 2.27 bits per heavy atom. The summed E-state index contributed by atoms with van der Waals surface area (Å²) in [5, 5.41) is 2.72. The number of nitrogens with zero attached hydrogens (tertiary/aromatic N) is 2. The summed E-state index contributed by atoms with van der Waals surface area (Å²) in [6.45, 7) is 0.963. The first-order chi connectivity index (χ1) is 15.8. The van der Waals surface area contributed by atoms with E-state index in [-0.39, 0.29) is 22.4 Å². The van der Waals surface area contributed by atoms with Crippen LogP contribution in [0.5, 0.6) is 0 Å². The molecule has 2 aliphatic rings. The van der Waals surface area contributed by atoms with Crippen molar-refractivity contribution >= 4 is 45.2 Å². The molecule has 0 radical (unpaired) electrons. The van der Waals surface area contributed by atoms with Gasteiger partial charge in [-0.1, -0.05) is 18.2 Å². The highest BCUT2D eigenvalue weighted by molar-refractivity contribution is 7.98. The molecule has 0 bridgehead atoms. The van der Waals surface area contributed by atoms with Gasteiger partial charge in [-0.25, -0.2) is 8.42 Å². The summed E-state index contributed by atoms with van der Waals surface area (Å²) in [5.41, 5.74) is 0.859. The van der Waals surface area contributed by atoms with Crippen LogP contribution in [0.2, 0.25) is 0 Å². The van der Waals surface area contributed by atoms with Crippen LogP contribution in [0.4, 0.5) is 5.69 Å². The average molecular weight is 488 g/mol. The standard InChI is InChI=1S/C23H25N3O5S2/c1-32-14-11-20(26-22(28)18-9-2-3-10-19(18)23(26)29)21(27)24-16-7-6-8-17(15-16)33(30,31)25-12-4-5-13-25/h2-3,6-10,15,20H,4-5,11-14H2,1H3,(H,24,27). The van der Waals surface area contributed by atoms with Crippen molar-refractivity contribution in [3.05, 3.63) is 59.7 Å². The monoisotopic (exact) mass is 487 g/mol. The molecule has 0 saturated carbocycles. The molecular formula is C23H25N3O5S2. The normalized spacial score (nSPS) is 17.3. The maximum atomic E-state index is 13.2. The quantitative estimate of drug-likeness (QED) is 0.575. The van der Waals surface area contributed by atoms with Gasteiger partial charge < -0.3 is 5.32 Å². The van der Waals surface area contributed by atoms with Gasteiger partial charge in [-0.15, -0.1) is 0 Å². The smallest absolute Gasteiger partial charge is 0.262 e. The number of nitrogens with one attached hydrogen (secondary N) is 1. The van der Waals surface area contributed by atoms with Gasteiger partial charge in [0.25, 0.3) is 11.8 Å². The zero-order valence-corrected chi connectivity index (χ0v) is 19.8. The summed E-state index contributed by atoms with van der Waals surface area (Å²) in [6.07, 6.45) is 3.81. The van der Waals surface area contributed by atoms with E-state index in [9.17, 15) is 22.8 Å². The Hall–Kier alpha value is -2.69. The topological polar surface area (TPSA) is 104 Å². The molecule has 0 aromatic heterocycles. The molecule has 1 atom stereocenters. The highest BCUT2D eigenvalue weighted by Gasteiger charge is 2.42. The van der Waals surface area contributed by atoms with E-state index in [1.54, 1.807) is 36.4 Å². The Labute approximate surface area is 197 Å². The second kappa shape index (κ2) is 9.66. The number of hydrogen-bond donors (Lipinski definition) is 1. The second-order valence-corrected chi connectivity index (χ2v) is 10.9. The Morgan fingerprint density at radius 1 is 1.03 bits per heavy atom. The number of rotatable bonds is 8. The van der Waals surface area contributed by atoms with Crippen molar-refractivity contribution < 1.29 is 22.8 Å². The van der Waals surface area contributed by atoms with Crippen LogP contribution in [0.1, 0.15) is 40.0 Å². The average Bonchev–Trinajstić information content (AvgIpc) is 3.44. The van der Waals surface area contributed by atoms with Gasteiger partial charge in [0.05, 0.1) is 16.0 Å². The van der Waals surface area contributed by atoms with Crippen LogP contribution in [0.3, 0.4) is 0 Å². The lowest BCUT2D eigenvalue weighted by Crippen LogP contribution is -2.47. The molecule has 1 fully saturated rings. The SMILES string of the molecule is CSCCC(C(=O)Nc1cccc(S(=O)(=O)N2CCCC2)c1)N1C(=O)c2ccccc2C1=O. The Morgan fingerprint density at radius 2 is 1.67 bits per heavy atom. The number of thioether (sulfide) groups is 1. The van der Waals surface area contributed by atoms with E-state index in [1.807, 2.05) is 6.26 Å². The first-order valence-electron chi connectivity index (χ1n) is 10.7. The summed E-state index contributed by atoms with van der Waals surface area (Å²) in [4.78, 5) is 40.2. The van der Waals surface area contributed by atoms with E-state index in [1.165, 1.54) is 28.2 Å². The highest BCUT2D eigenvalue weighted by atomic mass is 32.2. The molecule has 33 heavy (non-hydrogen) atoms. The lowest BCUT2D eigenvalue weighted by molar-refractivity contribution is -0.120. The van der Waals surface area contributed by atoms with Crippen LogP contribution < -0.4 is 5.32 Å². The van der Waals surface area contributed by atoms with Crippen molar-refractivity contribution in [2.24, 2.45) is 0 Å². The van der Waals surface area contributed by atoms with Crippen molar-refractivity contribution in [1.82, 2.24) is 9.21 Å². The number of anilines is 1. The van der Waals surface area contributed by atoms with Crippen LogP contribution in [-0.4, -0.2) is 66.5 Å². The highest BCUT2D eigenvalue weighted by Crippen LogP contribution is 2.28. The van der Waals surface area contributed by atoms with E-state index in [0.717, 1.165) is 17.7 Å². The minimum Gasteiger partial charge on any atom is -0.324 e. The van der Waals surface area contributed by atoms with Crippen LogP contribution in [-0.2, 0) is 14.8 Å².